The summed E-state index contributed by atoms with van der Waals surface area (Å²) < 4.78 is 33.4. The van der Waals surface area contributed by atoms with E-state index in [-0.39, 0.29) is 24.9 Å². The van der Waals surface area contributed by atoms with Gasteiger partial charge in [0.15, 0.2) is 17.8 Å². The molecule has 2 aromatic carbocycles. The number of alkyl halides is 1. The Balaban J connectivity index is 1.47. The van der Waals surface area contributed by atoms with Crippen molar-refractivity contribution < 1.29 is 18.6 Å². The van der Waals surface area contributed by atoms with E-state index in [1.807, 2.05) is 60.7 Å². The van der Waals surface area contributed by atoms with Crippen LogP contribution in [0.15, 0.2) is 71.9 Å². The standard InChI is InChI=1S/C24H27FN6O3/c25-19-20(17-11-29-23(30-17)22(26)31-24(27)28)34-18(14-32-12-15-7-3-1-4-8-15)21(19)33-13-16-9-5-2-6-10-16/h1-11,18-21H,12-14H2,(H,29,30)(H5,26,27,28,31)/t18-,19+,20+,21-/m1/s1. The van der Waals surface area contributed by atoms with Gasteiger partial charge in [-0.3, -0.25) is 5.41 Å². The van der Waals surface area contributed by atoms with Crippen LogP contribution in [0.5, 0.6) is 0 Å². The van der Waals surface area contributed by atoms with Crippen LogP contribution in [-0.4, -0.2) is 46.7 Å². The summed E-state index contributed by atoms with van der Waals surface area (Å²) in [6.07, 6.45) is -2.50. The molecule has 1 aliphatic heterocycles. The van der Waals surface area contributed by atoms with E-state index in [4.69, 9.17) is 31.1 Å². The van der Waals surface area contributed by atoms with Gasteiger partial charge < -0.3 is 30.7 Å². The van der Waals surface area contributed by atoms with Crippen LogP contribution < -0.4 is 11.5 Å². The second kappa shape index (κ2) is 11.0. The van der Waals surface area contributed by atoms with E-state index in [0.29, 0.717) is 12.3 Å². The summed E-state index contributed by atoms with van der Waals surface area (Å²) in [5, 5.41) is 7.23. The monoisotopic (exact) mass is 466 g/mol. The molecule has 0 radical (unpaired) electrons. The molecule has 0 amide bonds. The van der Waals surface area contributed by atoms with Crippen molar-refractivity contribution in [3.63, 3.8) is 0 Å². The number of halogens is 1. The number of guanidine groups is 1. The van der Waals surface area contributed by atoms with Crippen LogP contribution in [0.25, 0.3) is 0 Å². The Bertz CT molecular complexity index is 1110. The van der Waals surface area contributed by atoms with Gasteiger partial charge in [-0.15, -0.1) is 0 Å². The summed E-state index contributed by atoms with van der Waals surface area (Å²) in [5.41, 5.74) is 13.3. The minimum Gasteiger partial charge on any atom is -0.380 e. The van der Waals surface area contributed by atoms with Crippen LogP contribution in [0.1, 0.15) is 28.7 Å². The van der Waals surface area contributed by atoms with E-state index in [1.165, 1.54) is 6.20 Å². The Labute approximate surface area is 196 Å². The maximum absolute atomic E-state index is 15.6. The maximum Gasteiger partial charge on any atom is 0.214 e. The number of aromatic nitrogens is 2. The molecule has 9 nitrogen and oxygen atoms in total. The van der Waals surface area contributed by atoms with E-state index in [9.17, 15) is 0 Å². The number of ether oxygens (including phenoxy) is 3. The first-order valence-electron chi connectivity index (χ1n) is 10.8. The molecule has 34 heavy (non-hydrogen) atoms. The molecule has 0 aliphatic carbocycles. The lowest BCUT2D eigenvalue weighted by Crippen LogP contribution is -2.34. The van der Waals surface area contributed by atoms with Gasteiger partial charge in [0.1, 0.15) is 18.3 Å². The molecular weight excluding hydrogens is 439 g/mol. The number of aromatic amines is 1. The van der Waals surface area contributed by atoms with Crippen LogP contribution in [-0.2, 0) is 27.4 Å². The summed E-state index contributed by atoms with van der Waals surface area (Å²) in [6.45, 7) is 0.768. The number of amidine groups is 1. The van der Waals surface area contributed by atoms with Crippen molar-refractivity contribution in [2.75, 3.05) is 6.61 Å². The van der Waals surface area contributed by atoms with Gasteiger partial charge in [-0.25, -0.2) is 9.37 Å². The van der Waals surface area contributed by atoms with Crippen molar-refractivity contribution >= 4 is 11.8 Å². The summed E-state index contributed by atoms with van der Waals surface area (Å²) in [6, 6.07) is 19.3. The second-order valence-corrected chi connectivity index (χ2v) is 7.87. The quantitative estimate of drug-likeness (QED) is 0.282. The average molecular weight is 467 g/mol. The topological polar surface area (TPSA) is 145 Å². The van der Waals surface area contributed by atoms with Crippen LogP contribution in [0.2, 0.25) is 0 Å². The fraction of sp³-hybridized carbons (Fsp3) is 0.292. The van der Waals surface area contributed by atoms with Gasteiger partial charge in [0.2, 0.25) is 5.96 Å². The third-order valence-electron chi connectivity index (χ3n) is 5.36. The molecule has 4 rings (SSSR count). The molecule has 0 bridgehead atoms. The van der Waals surface area contributed by atoms with E-state index in [2.05, 4.69) is 15.0 Å². The smallest absolute Gasteiger partial charge is 0.214 e. The number of imidazole rings is 1. The van der Waals surface area contributed by atoms with Gasteiger partial charge in [-0.05, 0) is 11.1 Å². The lowest BCUT2D eigenvalue weighted by molar-refractivity contribution is -0.0740. The molecule has 2 heterocycles. The first-order valence-corrected chi connectivity index (χ1v) is 10.8. The van der Waals surface area contributed by atoms with Crippen LogP contribution >= 0.6 is 0 Å². The van der Waals surface area contributed by atoms with Crippen LogP contribution in [0.4, 0.5) is 4.39 Å². The molecule has 1 aliphatic rings. The predicted octanol–water partition coefficient (Wildman–Crippen LogP) is 2.59. The number of nitrogens with one attached hydrogen (secondary N) is 2. The van der Waals surface area contributed by atoms with Crippen LogP contribution in [0, 0.1) is 5.41 Å². The highest BCUT2D eigenvalue weighted by Crippen LogP contribution is 2.37. The third-order valence-corrected chi connectivity index (χ3v) is 5.36. The van der Waals surface area contributed by atoms with Crippen molar-refractivity contribution in [3.8, 4) is 0 Å². The Hall–Kier alpha value is -3.60. The Morgan fingerprint density at radius 3 is 2.35 bits per heavy atom. The molecule has 178 valence electrons. The van der Waals surface area contributed by atoms with Crippen LogP contribution in [0.3, 0.4) is 0 Å². The van der Waals surface area contributed by atoms with E-state index < -0.39 is 30.4 Å². The van der Waals surface area contributed by atoms with Gasteiger partial charge >= 0.3 is 0 Å². The van der Waals surface area contributed by atoms with Crippen molar-refractivity contribution in [2.24, 2.45) is 16.5 Å². The normalized spacial score (nSPS) is 22.7. The van der Waals surface area contributed by atoms with Gasteiger partial charge in [0.05, 0.1) is 31.7 Å². The minimum atomic E-state index is -1.48. The number of rotatable bonds is 9. The highest BCUT2D eigenvalue weighted by molar-refractivity contribution is 6.01. The number of hydrogen-bond donors (Lipinski definition) is 4. The summed E-state index contributed by atoms with van der Waals surface area (Å²) in [4.78, 5) is 10.7. The second-order valence-electron chi connectivity index (χ2n) is 7.87. The SMILES string of the molecule is N=C(N)/N=C(/N)c1ncc([C@@H]2O[C@H](COCc3ccccc3)[C@@H](OCc3ccccc3)[C@H]2F)[nH]1. The Morgan fingerprint density at radius 1 is 1.06 bits per heavy atom. The molecule has 1 saturated heterocycles. The molecular formula is C24H27FN6O3. The molecule has 1 fully saturated rings. The number of hydrogen-bond acceptors (Lipinski definition) is 5. The predicted molar refractivity (Wildman–Crippen MR) is 125 cm³/mol. The van der Waals surface area contributed by atoms with Gasteiger partial charge in [-0.1, -0.05) is 60.7 Å². The fourth-order valence-electron chi connectivity index (χ4n) is 3.72. The van der Waals surface area contributed by atoms with Gasteiger partial charge in [-0.2, -0.15) is 4.99 Å². The summed E-state index contributed by atoms with van der Waals surface area (Å²) >= 11 is 0. The largest absolute Gasteiger partial charge is 0.380 e. The first kappa shape index (κ1) is 23.6. The van der Waals surface area contributed by atoms with Crippen molar-refractivity contribution in [1.29, 1.82) is 5.41 Å². The Morgan fingerprint density at radius 2 is 1.71 bits per heavy atom. The molecule has 0 saturated carbocycles. The zero-order valence-corrected chi connectivity index (χ0v) is 18.4. The molecule has 1 aromatic heterocycles. The lowest BCUT2D eigenvalue weighted by atomic mass is 10.1. The average Bonchev–Trinajstić information content (AvgIpc) is 3.44. The minimum absolute atomic E-state index is 0.0771. The van der Waals surface area contributed by atoms with Crippen molar-refractivity contribution in [2.45, 2.75) is 37.7 Å². The van der Waals surface area contributed by atoms with E-state index in [1.54, 1.807) is 0 Å². The number of benzene rings is 2. The van der Waals surface area contributed by atoms with Gasteiger partial charge in [0, 0.05) is 0 Å². The van der Waals surface area contributed by atoms with Crippen molar-refractivity contribution in [3.05, 3.63) is 89.5 Å². The molecule has 0 spiro atoms. The first-order chi connectivity index (χ1) is 16.5. The zero-order chi connectivity index (χ0) is 23.9. The highest BCUT2D eigenvalue weighted by atomic mass is 19.1. The third kappa shape index (κ3) is 5.84. The van der Waals surface area contributed by atoms with Gasteiger partial charge in [0.25, 0.3) is 0 Å². The van der Waals surface area contributed by atoms with E-state index in [0.717, 1.165) is 11.1 Å². The molecule has 10 heteroatoms. The fourth-order valence-corrected chi connectivity index (χ4v) is 3.72. The Kier molecular flexibility index (Phi) is 7.63. The van der Waals surface area contributed by atoms with E-state index >= 15 is 4.39 Å². The number of H-pyrrole nitrogens is 1. The summed E-state index contributed by atoms with van der Waals surface area (Å²) in [5.74, 6) is -0.362. The zero-order valence-electron chi connectivity index (χ0n) is 18.4. The van der Waals surface area contributed by atoms with Crippen molar-refractivity contribution in [1.82, 2.24) is 9.97 Å². The summed E-state index contributed by atoms with van der Waals surface area (Å²) in [7, 11) is 0. The lowest BCUT2D eigenvalue weighted by Gasteiger charge is -2.20. The number of nitrogens with two attached hydrogens (primary N) is 2. The molecule has 0 unspecified atom stereocenters. The maximum atomic E-state index is 15.6. The highest BCUT2D eigenvalue weighted by Gasteiger charge is 2.47. The number of nitrogens with zero attached hydrogens (tertiary/aromatic N) is 2. The molecule has 6 N–H and O–H groups in total. The molecule has 3 aromatic rings. The number of aliphatic imine (C=N–C) groups is 1. The molecule has 4 atom stereocenters.